The number of alkyl halides is 1. The molecular weight excluding hydrogens is 210 g/mol. The van der Waals surface area contributed by atoms with E-state index in [0.717, 1.165) is 32.1 Å². The molecule has 0 aromatic carbocycles. The SMILES string of the molecule is N#CC=CCCCC(=O)C12CC(Cl)(C1)C2. The third kappa shape index (κ3) is 1.81. The molecule has 0 heterocycles. The maximum Gasteiger partial charge on any atom is 0.139 e. The summed E-state index contributed by atoms with van der Waals surface area (Å²) in [5.74, 6) is 0.385. The second-order valence-electron chi connectivity index (χ2n) is 4.81. The van der Waals surface area contributed by atoms with Crippen molar-refractivity contribution in [3.63, 3.8) is 0 Å². The van der Waals surface area contributed by atoms with Crippen molar-refractivity contribution in [2.45, 2.75) is 43.4 Å². The molecule has 2 nitrogen and oxygen atoms in total. The van der Waals surface area contributed by atoms with Crippen LogP contribution in [0.1, 0.15) is 38.5 Å². The topological polar surface area (TPSA) is 40.9 Å². The number of nitrogens with zero attached hydrogens (tertiary/aromatic N) is 1. The second-order valence-corrected chi connectivity index (χ2v) is 5.61. The number of unbranched alkanes of at least 4 members (excludes halogenated alkanes) is 1. The van der Waals surface area contributed by atoms with Crippen LogP contribution in [-0.2, 0) is 4.79 Å². The Kier molecular flexibility index (Phi) is 2.60. The van der Waals surface area contributed by atoms with Gasteiger partial charge in [0.1, 0.15) is 5.78 Å². The minimum absolute atomic E-state index is 0.00360. The van der Waals surface area contributed by atoms with Gasteiger partial charge in [-0.2, -0.15) is 5.26 Å². The summed E-state index contributed by atoms with van der Waals surface area (Å²) >= 11 is 6.11. The molecule has 3 fully saturated rings. The van der Waals surface area contributed by atoms with Crippen LogP contribution in [0, 0.1) is 16.7 Å². The molecule has 80 valence electrons. The lowest BCUT2D eigenvalue weighted by atomic mass is 9.42. The molecule has 0 radical (unpaired) electrons. The maximum atomic E-state index is 11.8. The fourth-order valence-electron chi connectivity index (χ4n) is 2.74. The molecule has 0 aromatic heterocycles. The predicted molar refractivity (Wildman–Crippen MR) is 58.5 cm³/mol. The zero-order valence-corrected chi connectivity index (χ0v) is 9.39. The molecule has 3 aliphatic rings. The zero-order valence-electron chi connectivity index (χ0n) is 8.63. The molecule has 15 heavy (non-hydrogen) atoms. The molecular formula is C12H14ClNO. The van der Waals surface area contributed by atoms with E-state index in [2.05, 4.69) is 0 Å². The highest BCUT2D eigenvalue weighted by Crippen LogP contribution is 2.71. The van der Waals surface area contributed by atoms with Gasteiger partial charge in [0.05, 0.1) is 6.07 Å². The van der Waals surface area contributed by atoms with Gasteiger partial charge in [-0.3, -0.25) is 4.79 Å². The summed E-state index contributed by atoms with van der Waals surface area (Å²) < 4.78 is 0. The monoisotopic (exact) mass is 223 g/mol. The molecule has 0 unspecified atom stereocenters. The van der Waals surface area contributed by atoms with Gasteiger partial charge in [0.25, 0.3) is 0 Å². The zero-order chi connectivity index (χ0) is 10.9. The maximum absolute atomic E-state index is 11.8. The first-order chi connectivity index (χ1) is 7.10. The molecule has 2 bridgehead atoms. The molecule has 3 rings (SSSR count). The first-order valence-electron chi connectivity index (χ1n) is 5.37. The van der Waals surface area contributed by atoms with Gasteiger partial charge in [-0.15, -0.1) is 11.6 Å². The van der Waals surface area contributed by atoms with Crippen LogP contribution in [0.3, 0.4) is 0 Å². The highest BCUT2D eigenvalue weighted by atomic mass is 35.5. The molecule has 3 saturated carbocycles. The third-order valence-corrected chi connectivity index (χ3v) is 3.93. The Morgan fingerprint density at radius 3 is 2.67 bits per heavy atom. The predicted octanol–water partition coefficient (Wildman–Crippen LogP) is 2.97. The molecule has 0 aliphatic heterocycles. The minimum Gasteiger partial charge on any atom is -0.299 e. The lowest BCUT2D eigenvalue weighted by molar-refractivity contribution is -0.156. The normalized spacial score (nSPS) is 36.8. The van der Waals surface area contributed by atoms with E-state index < -0.39 is 0 Å². The molecule has 3 aliphatic carbocycles. The van der Waals surface area contributed by atoms with Gasteiger partial charge in [0.2, 0.25) is 0 Å². The van der Waals surface area contributed by atoms with Crippen molar-refractivity contribution in [3.05, 3.63) is 12.2 Å². The summed E-state index contributed by atoms with van der Waals surface area (Å²) in [7, 11) is 0. The number of carbonyl (C=O) groups excluding carboxylic acids is 1. The molecule has 0 amide bonds. The van der Waals surface area contributed by atoms with Crippen LogP contribution in [0.25, 0.3) is 0 Å². The lowest BCUT2D eigenvalue weighted by Gasteiger charge is -2.66. The van der Waals surface area contributed by atoms with Crippen molar-refractivity contribution in [1.29, 1.82) is 5.26 Å². The summed E-state index contributed by atoms with van der Waals surface area (Å²) in [5.41, 5.74) is -0.0271. The molecule has 0 atom stereocenters. The fourth-order valence-corrected chi connectivity index (χ4v) is 3.51. The van der Waals surface area contributed by atoms with E-state index in [1.54, 1.807) is 0 Å². The molecule has 0 saturated heterocycles. The van der Waals surface area contributed by atoms with Gasteiger partial charge < -0.3 is 0 Å². The van der Waals surface area contributed by atoms with E-state index >= 15 is 0 Å². The summed E-state index contributed by atoms with van der Waals surface area (Å²) in [6.07, 6.45) is 8.30. The summed E-state index contributed by atoms with van der Waals surface area (Å²) in [5, 5.41) is 8.27. The smallest absolute Gasteiger partial charge is 0.139 e. The van der Waals surface area contributed by atoms with Gasteiger partial charge in [-0.05, 0) is 32.1 Å². The van der Waals surface area contributed by atoms with E-state index in [9.17, 15) is 4.79 Å². The van der Waals surface area contributed by atoms with E-state index in [0.29, 0.717) is 12.2 Å². The van der Waals surface area contributed by atoms with Crippen LogP contribution in [0.4, 0.5) is 0 Å². The average molecular weight is 224 g/mol. The van der Waals surface area contributed by atoms with Crippen LogP contribution >= 0.6 is 11.6 Å². The number of hydrogen-bond donors (Lipinski definition) is 0. The second kappa shape index (κ2) is 3.64. The Bertz CT molecular complexity index is 333. The molecule has 0 N–H and O–H groups in total. The standard InChI is InChI=1S/C12H14ClNO/c13-12-7-11(8-12,9-12)10(15)5-3-1-2-4-6-14/h2,4H,1,3,5,7-9H2. The van der Waals surface area contributed by atoms with E-state index in [-0.39, 0.29) is 10.3 Å². The number of ketones is 1. The lowest BCUT2D eigenvalue weighted by Crippen LogP contribution is -2.67. The Balaban J connectivity index is 1.67. The van der Waals surface area contributed by atoms with E-state index in [4.69, 9.17) is 16.9 Å². The number of hydrogen-bond acceptors (Lipinski definition) is 2. The highest BCUT2D eigenvalue weighted by molar-refractivity contribution is 6.27. The fraction of sp³-hybridized carbons (Fsp3) is 0.667. The number of rotatable bonds is 5. The number of Topliss-reactive ketones (excluding diaryl/α,β-unsaturated/α-hetero) is 1. The Labute approximate surface area is 94.9 Å². The molecule has 0 spiro atoms. The summed E-state index contributed by atoms with van der Waals surface area (Å²) in [6, 6.07) is 1.94. The van der Waals surface area contributed by atoms with Crippen molar-refractivity contribution in [1.82, 2.24) is 0 Å². The first kappa shape index (κ1) is 10.7. The highest BCUT2D eigenvalue weighted by Gasteiger charge is 2.70. The summed E-state index contributed by atoms with van der Waals surface area (Å²) in [6.45, 7) is 0. The third-order valence-electron chi connectivity index (χ3n) is 3.52. The Morgan fingerprint density at radius 1 is 1.47 bits per heavy atom. The van der Waals surface area contributed by atoms with Gasteiger partial charge >= 0.3 is 0 Å². The number of halogens is 1. The molecule has 3 heteroatoms. The number of allylic oxidation sites excluding steroid dienone is 2. The van der Waals surface area contributed by atoms with Gasteiger partial charge in [0, 0.05) is 22.8 Å². The number of nitriles is 1. The Morgan fingerprint density at radius 2 is 2.13 bits per heavy atom. The van der Waals surface area contributed by atoms with Gasteiger partial charge in [-0.1, -0.05) is 6.08 Å². The van der Waals surface area contributed by atoms with Crippen LogP contribution in [0.15, 0.2) is 12.2 Å². The van der Waals surface area contributed by atoms with Crippen molar-refractivity contribution < 1.29 is 4.79 Å². The van der Waals surface area contributed by atoms with Crippen LogP contribution in [0.2, 0.25) is 0 Å². The van der Waals surface area contributed by atoms with Crippen LogP contribution in [-0.4, -0.2) is 10.7 Å². The van der Waals surface area contributed by atoms with Crippen molar-refractivity contribution in [2.75, 3.05) is 0 Å². The first-order valence-corrected chi connectivity index (χ1v) is 5.75. The summed E-state index contributed by atoms with van der Waals surface area (Å²) in [4.78, 5) is 11.8. The minimum atomic E-state index is -0.0271. The van der Waals surface area contributed by atoms with Gasteiger partial charge in [0.15, 0.2) is 0 Å². The van der Waals surface area contributed by atoms with E-state index in [1.807, 2.05) is 12.1 Å². The van der Waals surface area contributed by atoms with Crippen molar-refractivity contribution >= 4 is 17.4 Å². The molecule has 0 aromatic rings. The number of carbonyl (C=O) groups is 1. The van der Waals surface area contributed by atoms with Crippen LogP contribution in [0.5, 0.6) is 0 Å². The van der Waals surface area contributed by atoms with Crippen molar-refractivity contribution in [2.24, 2.45) is 5.41 Å². The van der Waals surface area contributed by atoms with E-state index in [1.165, 1.54) is 6.08 Å². The van der Waals surface area contributed by atoms with Gasteiger partial charge in [-0.25, -0.2) is 0 Å². The largest absolute Gasteiger partial charge is 0.299 e. The quantitative estimate of drug-likeness (QED) is 0.409. The average Bonchev–Trinajstić information content (AvgIpc) is 2.11. The Hall–Kier alpha value is -0.810. The van der Waals surface area contributed by atoms with Crippen molar-refractivity contribution in [3.8, 4) is 6.07 Å². The van der Waals surface area contributed by atoms with Crippen LogP contribution < -0.4 is 0 Å².